The second-order valence-corrected chi connectivity index (χ2v) is 5.60. The fourth-order valence-corrected chi connectivity index (χ4v) is 2.68. The Bertz CT molecular complexity index is 663. The number of amides is 2. The summed E-state index contributed by atoms with van der Waals surface area (Å²) in [7, 11) is 0. The van der Waals surface area contributed by atoms with Gasteiger partial charge in [0.25, 0.3) is 0 Å². The Morgan fingerprint density at radius 3 is 2.78 bits per heavy atom. The van der Waals surface area contributed by atoms with Crippen molar-refractivity contribution in [3.05, 3.63) is 42.4 Å². The molecule has 7 heteroatoms. The van der Waals surface area contributed by atoms with Crippen LogP contribution in [0.3, 0.4) is 0 Å². The van der Waals surface area contributed by atoms with Crippen LogP contribution < -0.4 is 15.5 Å². The van der Waals surface area contributed by atoms with Gasteiger partial charge in [0.05, 0.1) is 0 Å². The summed E-state index contributed by atoms with van der Waals surface area (Å²) in [5.74, 6) is 1.30. The maximum absolute atomic E-state index is 12.2. The van der Waals surface area contributed by atoms with Crippen LogP contribution in [0.4, 0.5) is 16.6 Å². The van der Waals surface area contributed by atoms with Crippen LogP contribution in [0.1, 0.15) is 18.4 Å². The predicted octanol–water partition coefficient (Wildman–Crippen LogP) is 1.97. The van der Waals surface area contributed by atoms with E-state index in [9.17, 15) is 4.79 Å². The number of hydrogen-bond donors (Lipinski definition) is 2. The van der Waals surface area contributed by atoms with E-state index in [4.69, 9.17) is 0 Å². The fraction of sp³-hybridized carbons (Fsp3) is 0.375. The molecule has 7 nitrogen and oxygen atoms in total. The zero-order valence-corrected chi connectivity index (χ0v) is 13.1. The average molecular weight is 312 g/mol. The van der Waals surface area contributed by atoms with E-state index < -0.39 is 0 Å². The van der Waals surface area contributed by atoms with Gasteiger partial charge in [0, 0.05) is 37.7 Å². The van der Waals surface area contributed by atoms with Crippen molar-refractivity contribution in [1.29, 1.82) is 0 Å². The first-order valence-corrected chi connectivity index (χ1v) is 7.73. The highest BCUT2D eigenvalue weighted by Gasteiger charge is 2.23. The first-order valence-electron chi connectivity index (χ1n) is 7.73. The highest BCUT2D eigenvalue weighted by molar-refractivity contribution is 5.89. The van der Waals surface area contributed by atoms with Crippen LogP contribution in [0.15, 0.2) is 36.8 Å². The van der Waals surface area contributed by atoms with Gasteiger partial charge in [-0.3, -0.25) is 5.32 Å². The van der Waals surface area contributed by atoms with Crippen LogP contribution >= 0.6 is 0 Å². The van der Waals surface area contributed by atoms with Crippen molar-refractivity contribution in [2.75, 3.05) is 23.3 Å². The van der Waals surface area contributed by atoms with Gasteiger partial charge in [0.1, 0.15) is 5.82 Å². The Hall–Kier alpha value is -2.70. The molecule has 0 aliphatic carbocycles. The topological polar surface area (TPSA) is 83.0 Å². The molecule has 1 aliphatic rings. The molecule has 0 spiro atoms. The standard InChI is InChI=1S/C16H20N6O/c1-12-5-2-7-17-14(12)21-16(23)20-13-6-3-10-22(11-13)15-18-8-4-9-19-15/h2,4-5,7-9,13H,3,6,10-11H2,1H3,(H2,17,20,21,23)/t13-/m0/s1. The summed E-state index contributed by atoms with van der Waals surface area (Å²) in [5.41, 5.74) is 0.936. The van der Waals surface area contributed by atoms with Gasteiger partial charge in [-0.2, -0.15) is 0 Å². The zero-order chi connectivity index (χ0) is 16.1. The molecule has 23 heavy (non-hydrogen) atoms. The molecule has 1 fully saturated rings. The summed E-state index contributed by atoms with van der Waals surface area (Å²) in [6.07, 6.45) is 7.06. The number of carbonyl (C=O) groups excluding carboxylic acids is 1. The van der Waals surface area contributed by atoms with Gasteiger partial charge in [0.2, 0.25) is 5.95 Å². The number of hydrogen-bond acceptors (Lipinski definition) is 5. The quantitative estimate of drug-likeness (QED) is 0.905. The molecule has 120 valence electrons. The Morgan fingerprint density at radius 1 is 1.22 bits per heavy atom. The van der Waals surface area contributed by atoms with Crippen molar-refractivity contribution >= 4 is 17.8 Å². The van der Waals surface area contributed by atoms with E-state index >= 15 is 0 Å². The van der Waals surface area contributed by atoms with Crippen molar-refractivity contribution in [3.8, 4) is 0 Å². The second kappa shape index (κ2) is 7.04. The summed E-state index contributed by atoms with van der Waals surface area (Å²) >= 11 is 0. The van der Waals surface area contributed by atoms with Crippen LogP contribution in [-0.2, 0) is 0 Å². The number of anilines is 2. The van der Waals surface area contributed by atoms with Gasteiger partial charge in [0.15, 0.2) is 0 Å². The number of pyridine rings is 1. The molecule has 2 aromatic heterocycles. The number of nitrogens with one attached hydrogen (secondary N) is 2. The third kappa shape index (κ3) is 3.94. The lowest BCUT2D eigenvalue weighted by Crippen LogP contribution is -2.49. The minimum Gasteiger partial charge on any atom is -0.339 e. The monoisotopic (exact) mass is 312 g/mol. The van der Waals surface area contributed by atoms with Crippen LogP contribution in [0.25, 0.3) is 0 Å². The zero-order valence-electron chi connectivity index (χ0n) is 13.1. The van der Waals surface area contributed by atoms with Crippen LogP contribution in [-0.4, -0.2) is 40.1 Å². The minimum atomic E-state index is -0.229. The summed E-state index contributed by atoms with van der Waals surface area (Å²) in [5, 5.41) is 5.81. The van der Waals surface area contributed by atoms with Crippen LogP contribution in [0.5, 0.6) is 0 Å². The molecule has 1 saturated heterocycles. The number of aromatic nitrogens is 3. The van der Waals surface area contributed by atoms with Crippen molar-refractivity contribution in [1.82, 2.24) is 20.3 Å². The molecular weight excluding hydrogens is 292 g/mol. The molecule has 3 rings (SSSR count). The maximum Gasteiger partial charge on any atom is 0.320 e. The molecule has 3 heterocycles. The van der Waals surface area contributed by atoms with Crippen LogP contribution in [0, 0.1) is 6.92 Å². The van der Waals surface area contributed by atoms with E-state index in [1.807, 2.05) is 19.1 Å². The smallest absolute Gasteiger partial charge is 0.320 e. The molecular formula is C16H20N6O. The van der Waals surface area contributed by atoms with Gasteiger partial charge in [-0.05, 0) is 37.5 Å². The van der Waals surface area contributed by atoms with Crippen molar-refractivity contribution in [2.45, 2.75) is 25.8 Å². The molecule has 1 aliphatic heterocycles. The molecule has 0 unspecified atom stereocenters. The number of piperidine rings is 1. The van der Waals surface area contributed by atoms with Gasteiger partial charge >= 0.3 is 6.03 Å². The highest BCUT2D eigenvalue weighted by atomic mass is 16.2. The SMILES string of the molecule is Cc1cccnc1NC(=O)N[C@H]1CCCN(c2ncccn2)C1. The van der Waals surface area contributed by atoms with E-state index in [0.717, 1.165) is 24.9 Å². The molecule has 2 aromatic rings. The lowest BCUT2D eigenvalue weighted by Gasteiger charge is -2.33. The van der Waals surface area contributed by atoms with E-state index in [1.165, 1.54) is 0 Å². The highest BCUT2D eigenvalue weighted by Crippen LogP contribution is 2.15. The molecule has 0 aromatic carbocycles. The minimum absolute atomic E-state index is 0.0663. The van der Waals surface area contributed by atoms with Crippen molar-refractivity contribution in [3.63, 3.8) is 0 Å². The molecule has 2 amide bonds. The number of rotatable bonds is 3. The van der Waals surface area contributed by atoms with Crippen LogP contribution in [0.2, 0.25) is 0 Å². The third-order valence-corrected chi connectivity index (χ3v) is 3.83. The second-order valence-electron chi connectivity index (χ2n) is 5.60. The van der Waals surface area contributed by atoms with Crippen molar-refractivity contribution in [2.24, 2.45) is 0 Å². The Kier molecular flexibility index (Phi) is 4.65. The van der Waals surface area contributed by atoms with Gasteiger partial charge in [-0.1, -0.05) is 6.07 Å². The fourth-order valence-electron chi connectivity index (χ4n) is 2.68. The Morgan fingerprint density at radius 2 is 2.00 bits per heavy atom. The first kappa shape index (κ1) is 15.2. The Balaban J connectivity index is 1.57. The number of urea groups is 1. The largest absolute Gasteiger partial charge is 0.339 e. The first-order chi connectivity index (χ1) is 11.2. The van der Waals surface area contributed by atoms with E-state index in [0.29, 0.717) is 18.3 Å². The van der Waals surface area contributed by atoms with Gasteiger partial charge < -0.3 is 10.2 Å². The predicted molar refractivity (Wildman–Crippen MR) is 88.4 cm³/mol. The number of carbonyl (C=O) groups is 1. The molecule has 0 saturated carbocycles. The molecule has 0 bridgehead atoms. The Labute approximate surface area is 135 Å². The molecule has 1 atom stereocenters. The van der Waals surface area contributed by atoms with E-state index in [2.05, 4.69) is 30.5 Å². The lowest BCUT2D eigenvalue weighted by atomic mass is 10.1. The molecule has 2 N–H and O–H groups in total. The van der Waals surface area contributed by atoms with Gasteiger partial charge in [-0.15, -0.1) is 0 Å². The third-order valence-electron chi connectivity index (χ3n) is 3.83. The van der Waals surface area contributed by atoms with Crippen molar-refractivity contribution < 1.29 is 4.79 Å². The molecule has 0 radical (unpaired) electrons. The summed E-state index contributed by atoms with van der Waals surface area (Å²) in [6, 6.07) is 5.39. The number of aryl methyl sites for hydroxylation is 1. The summed E-state index contributed by atoms with van der Waals surface area (Å²) in [4.78, 5) is 27.0. The summed E-state index contributed by atoms with van der Waals surface area (Å²) in [6.45, 7) is 3.53. The summed E-state index contributed by atoms with van der Waals surface area (Å²) < 4.78 is 0. The number of nitrogens with zero attached hydrogens (tertiary/aromatic N) is 4. The van der Waals surface area contributed by atoms with E-state index in [1.54, 1.807) is 24.7 Å². The normalized spacial score (nSPS) is 17.6. The lowest BCUT2D eigenvalue weighted by molar-refractivity contribution is 0.246. The maximum atomic E-state index is 12.2. The van der Waals surface area contributed by atoms with Gasteiger partial charge in [-0.25, -0.2) is 19.7 Å². The van der Waals surface area contributed by atoms with E-state index in [-0.39, 0.29) is 12.1 Å². The average Bonchev–Trinajstić information content (AvgIpc) is 2.58.